The third kappa shape index (κ3) is 4.28. The summed E-state index contributed by atoms with van der Waals surface area (Å²) in [5.41, 5.74) is 1.96. The number of hydrogen-bond acceptors (Lipinski definition) is 2. The summed E-state index contributed by atoms with van der Waals surface area (Å²) >= 11 is 0. The van der Waals surface area contributed by atoms with E-state index in [9.17, 15) is 9.59 Å². The topological polar surface area (TPSA) is 58.2 Å². The van der Waals surface area contributed by atoms with Gasteiger partial charge < -0.3 is 10.6 Å². The maximum Gasteiger partial charge on any atom is 0.256 e. The summed E-state index contributed by atoms with van der Waals surface area (Å²) < 4.78 is 0. The molecule has 0 saturated carbocycles. The van der Waals surface area contributed by atoms with Gasteiger partial charge in [-0.2, -0.15) is 0 Å². The van der Waals surface area contributed by atoms with Crippen LogP contribution < -0.4 is 10.6 Å². The zero-order valence-electron chi connectivity index (χ0n) is 14.8. The molecule has 0 radical (unpaired) electrons. The van der Waals surface area contributed by atoms with Gasteiger partial charge in [-0.1, -0.05) is 55.8 Å². The van der Waals surface area contributed by atoms with Gasteiger partial charge in [0.1, 0.15) is 0 Å². The van der Waals surface area contributed by atoms with Crippen LogP contribution in [0.25, 0.3) is 10.8 Å². The van der Waals surface area contributed by atoms with E-state index in [-0.39, 0.29) is 11.8 Å². The van der Waals surface area contributed by atoms with E-state index < -0.39 is 0 Å². The summed E-state index contributed by atoms with van der Waals surface area (Å²) in [6.07, 6.45) is 2.35. The largest absolute Gasteiger partial charge is 0.326 e. The third-order valence-electron chi connectivity index (χ3n) is 4.20. The molecule has 0 aliphatic heterocycles. The number of anilines is 2. The van der Waals surface area contributed by atoms with E-state index in [2.05, 4.69) is 17.6 Å². The molecule has 3 rings (SSSR count). The van der Waals surface area contributed by atoms with Gasteiger partial charge >= 0.3 is 0 Å². The van der Waals surface area contributed by atoms with Crippen LogP contribution in [0.2, 0.25) is 0 Å². The summed E-state index contributed by atoms with van der Waals surface area (Å²) in [7, 11) is 0. The van der Waals surface area contributed by atoms with E-state index in [0.717, 1.165) is 23.6 Å². The van der Waals surface area contributed by atoms with E-state index in [4.69, 9.17) is 0 Å². The van der Waals surface area contributed by atoms with E-state index >= 15 is 0 Å². The van der Waals surface area contributed by atoms with Gasteiger partial charge in [0.15, 0.2) is 0 Å². The van der Waals surface area contributed by atoms with Crippen LogP contribution in [0.4, 0.5) is 11.4 Å². The zero-order valence-corrected chi connectivity index (χ0v) is 14.8. The average molecular weight is 346 g/mol. The second kappa shape index (κ2) is 8.30. The maximum atomic E-state index is 12.7. The smallest absolute Gasteiger partial charge is 0.256 e. The summed E-state index contributed by atoms with van der Waals surface area (Å²) in [4.78, 5) is 24.6. The van der Waals surface area contributed by atoms with Gasteiger partial charge in [-0.15, -0.1) is 0 Å². The molecule has 2 amide bonds. The Labute approximate surface area is 153 Å². The monoisotopic (exact) mass is 346 g/mol. The standard InChI is InChI=1S/C22H22N2O2/c1-2-3-14-21(25)23-17-10-7-11-18(15-17)24-22(26)20-13-6-9-16-8-4-5-12-19(16)20/h4-13,15H,2-3,14H2,1H3,(H,23,25)(H,24,26). The number of nitrogens with one attached hydrogen (secondary N) is 2. The molecular weight excluding hydrogens is 324 g/mol. The number of rotatable bonds is 6. The lowest BCUT2D eigenvalue weighted by atomic mass is 10.0. The van der Waals surface area contributed by atoms with E-state index in [1.807, 2.05) is 60.7 Å². The fourth-order valence-corrected chi connectivity index (χ4v) is 2.86. The first-order valence-corrected chi connectivity index (χ1v) is 8.86. The SMILES string of the molecule is CCCCC(=O)Nc1cccc(NC(=O)c2cccc3ccccc23)c1. The van der Waals surface area contributed by atoms with Crippen molar-refractivity contribution in [1.29, 1.82) is 0 Å². The Morgan fingerprint density at radius 1 is 0.846 bits per heavy atom. The fraction of sp³-hybridized carbons (Fsp3) is 0.182. The number of carbonyl (C=O) groups excluding carboxylic acids is 2. The van der Waals surface area contributed by atoms with Crippen LogP contribution in [-0.4, -0.2) is 11.8 Å². The molecule has 3 aromatic carbocycles. The van der Waals surface area contributed by atoms with Gasteiger partial charge in [0, 0.05) is 23.4 Å². The fourth-order valence-electron chi connectivity index (χ4n) is 2.86. The zero-order chi connectivity index (χ0) is 18.4. The lowest BCUT2D eigenvalue weighted by Gasteiger charge is -2.10. The Morgan fingerprint density at radius 2 is 1.54 bits per heavy atom. The molecule has 0 heterocycles. The summed E-state index contributed by atoms with van der Waals surface area (Å²) in [6.45, 7) is 2.05. The van der Waals surface area contributed by atoms with Crippen molar-refractivity contribution in [3.05, 3.63) is 72.3 Å². The second-order valence-electron chi connectivity index (χ2n) is 6.21. The van der Waals surface area contributed by atoms with Crippen molar-refractivity contribution in [2.75, 3.05) is 10.6 Å². The van der Waals surface area contributed by atoms with Gasteiger partial charge in [0.05, 0.1) is 0 Å². The molecular formula is C22H22N2O2. The van der Waals surface area contributed by atoms with Crippen LogP contribution >= 0.6 is 0 Å². The summed E-state index contributed by atoms with van der Waals surface area (Å²) in [5, 5.41) is 7.72. The van der Waals surface area contributed by atoms with Crippen molar-refractivity contribution in [3.63, 3.8) is 0 Å². The molecule has 0 unspecified atom stereocenters. The molecule has 0 spiro atoms. The molecule has 4 nitrogen and oxygen atoms in total. The van der Waals surface area contributed by atoms with E-state index in [0.29, 0.717) is 23.4 Å². The van der Waals surface area contributed by atoms with Crippen LogP contribution in [0.3, 0.4) is 0 Å². The predicted molar refractivity (Wildman–Crippen MR) is 106 cm³/mol. The van der Waals surface area contributed by atoms with Crippen LogP contribution in [0.1, 0.15) is 36.5 Å². The highest BCUT2D eigenvalue weighted by molar-refractivity contribution is 6.13. The molecule has 0 atom stereocenters. The molecule has 4 heteroatoms. The predicted octanol–water partition coefficient (Wildman–Crippen LogP) is 5.22. The van der Waals surface area contributed by atoms with Crippen molar-refractivity contribution in [2.45, 2.75) is 26.2 Å². The Hall–Kier alpha value is -3.14. The maximum absolute atomic E-state index is 12.7. The number of amides is 2. The summed E-state index contributed by atoms with van der Waals surface area (Å²) in [5.74, 6) is -0.180. The molecule has 2 N–H and O–H groups in total. The van der Waals surface area contributed by atoms with Crippen LogP contribution in [0.5, 0.6) is 0 Å². The summed E-state index contributed by atoms with van der Waals surface area (Å²) in [6, 6.07) is 20.7. The number of hydrogen-bond donors (Lipinski definition) is 2. The molecule has 132 valence electrons. The quantitative estimate of drug-likeness (QED) is 0.643. The molecule has 0 aliphatic carbocycles. The van der Waals surface area contributed by atoms with Crippen molar-refractivity contribution in [1.82, 2.24) is 0 Å². The molecule has 26 heavy (non-hydrogen) atoms. The highest BCUT2D eigenvalue weighted by Gasteiger charge is 2.10. The van der Waals surface area contributed by atoms with Gasteiger partial charge in [-0.05, 0) is 41.5 Å². The van der Waals surface area contributed by atoms with Crippen LogP contribution in [-0.2, 0) is 4.79 Å². The van der Waals surface area contributed by atoms with Gasteiger partial charge in [-0.3, -0.25) is 9.59 Å². The number of unbranched alkanes of at least 4 members (excludes halogenated alkanes) is 1. The van der Waals surface area contributed by atoms with Gasteiger partial charge in [0.25, 0.3) is 5.91 Å². The van der Waals surface area contributed by atoms with Crippen LogP contribution in [0.15, 0.2) is 66.7 Å². The normalized spacial score (nSPS) is 10.5. The number of carbonyl (C=O) groups is 2. The lowest BCUT2D eigenvalue weighted by Crippen LogP contribution is -2.14. The highest BCUT2D eigenvalue weighted by Crippen LogP contribution is 2.21. The van der Waals surface area contributed by atoms with Crippen molar-refractivity contribution < 1.29 is 9.59 Å². The Kier molecular flexibility index (Phi) is 5.64. The molecule has 0 bridgehead atoms. The van der Waals surface area contributed by atoms with Gasteiger partial charge in [0.2, 0.25) is 5.91 Å². The van der Waals surface area contributed by atoms with Crippen molar-refractivity contribution in [2.24, 2.45) is 0 Å². The molecule has 3 aromatic rings. The minimum Gasteiger partial charge on any atom is -0.326 e. The van der Waals surface area contributed by atoms with Crippen molar-refractivity contribution >= 4 is 34.0 Å². The van der Waals surface area contributed by atoms with E-state index in [1.165, 1.54) is 0 Å². The van der Waals surface area contributed by atoms with E-state index in [1.54, 1.807) is 6.07 Å². The molecule has 0 aromatic heterocycles. The lowest BCUT2D eigenvalue weighted by molar-refractivity contribution is -0.116. The number of fused-ring (bicyclic) bond motifs is 1. The first-order chi connectivity index (χ1) is 12.7. The van der Waals surface area contributed by atoms with Crippen LogP contribution in [0, 0.1) is 0 Å². The molecule has 0 saturated heterocycles. The third-order valence-corrected chi connectivity index (χ3v) is 4.20. The van der Waals surface area contributed by atoms with Gasteiger partial charge in [-0.25, -0.2) is 0 Å². The molecule has 0 aliphatic rings. The highest BCUT2D eigenvalue weighted by atomic mass is 16.2. The Balaban J connectivity index is 1.75. The average Bonchev–Trinajstić information content (AvgIpc) is 2.66. The second-order valence-corrected chi connectivity index (χ2v) is 6.21. The van der Waals surface area contributed by atoms with Crippen molar-refractivity contribution in [3.8, 4) is 0 Å². The first-order valence-electron chi connectivity index (χ1n) is 8.86. The first kappa shape index (κ1) is 17.7. The Bertz CT molecular complexity index is 929. The minimum absolute atomic E-state index is 0.00983. The molecule has 0 fully saturated rings. The number of benzene rings is 3. The Morgan fingerprint density at radius 3 is 2.35 bits per heavy atom. The minimum atomic E-state index is -0.170.